The summed E-state index contributed by atoms with van der Waals surface area (Å²) in [6, 6.07) is 10.5. The van der Waals surface area contributed by atoms with Gasteiger partial charge in [-0.3, -0.25) is 4.79 Å². The minimum atomic E-state index is -0.537. The number of ether oxygens (including phenoxy) is 1. The number of amides is 1. The first-order valence-corrected chi connectivity index (χ1v) is 7.90. The zero-order chi connectivity index (χ0) is 16.8. The maximum absolute atomic E-state index is 13.6. The van der Waals surface area contributed by atoms with Crippen LogP contribution in [0.1, 0.15) is 12.5 Å². The highest BCUT2D eigenvalue weighted by Gasteiger charge is 2.16. The maximum atomic E-state index is 13.6. The van der Waals surface area contributed by atoms with Gasteiger partial charge in [-0.05, 0) is 42.8 Å². The molecule has 0 aliphatic carbocycles. The van der Waals surface area contributed by atoms with E-state index in [9.17, 15) is 13.6 Å². The van der Waals surface area contributed by atoms with Gasteiger partial charge < -0.3 is 10.1 Å². The molecule has 0 spiro atoms. The Labute approximate surface area is 138 Å². The lowest BCUT2D eigenvalue weighted by molar-refractivity contribution is -0.120. The van der Waals surface area contributed by atoms with Gasteiger partial charge in [-0.15, -0.1) is 11.8 Å². The molecule has 0 heterocycles. The zero-order valence-electron chi connectivity index (χ0n) is 12.8. The lowest BCUT2D eigenvalue weighted by Gasteiger charge is -2.13. The molecule has 0 aromatic heterocycles. The maximum Gasteiger partial charge on any atom is 0.233 e. The summed E-state index contributed by atoms with van der Waals surface area (Å²) in [4.78, 5) is 12.2. The van der Waals surface area contributed by atoms with Gasteiger partial charge in [0.05, 0.1) is 12.4 Å². The van der Waals surface area contributed by atoms with E-state index in [0.717, 1.165) is 41.3 Å². The lowest BCUT2D eigenvalue weighted by Crippen LogP contribution is -2.30. The number of methoxy groups -OCH3 is 1. The molecular weight excluding hydrogens is 320 g/mol. The Morgan fingerprint density at radius 3 is 2.57 bits per heavy atom. The fourth-order valence-electron chi connectivity index (χ4n) is 1.89. The summed E-state index contributed by atoms with van der Waals surface area (Å²) in [6.07, 6.45) is 0. The number of carbonyl (C=O) groups is 1. The van der Waals surface area contributed by atoms with E-state index in [4.69, 9.17) is 4.74 Å². The van der Waals surface area contributed by atoms with Crippen molar-refractivity contribution in [3.8, 4) is 5.75 Å². The standard InChI is InChI=1S/C17H17F2NO2S/c1-11(23-16-9-13(18)5-8-15(16)19)17(21)20-10-12-3-6-14(22-2)7-4-12/h3-9,11H,10H2,1-2H3,(H,20,21)/t11-/m0/s1. The third-order valence-corrected chi connectivity index (χ3v) is 4.33. The van der Waals surface area contributed by atoms with Gasteiger partial charge in [0.1, 0.15) is 17.4 Å². The second kappa shape index (κ2) is 7.97. The van der Waals surface area contributed by atoms with E-state index < -0.39 is 16.9 Å². The summed E-state index contributed by atoms with van der Waals surface area (Å²) in [5, 5.41) is 2.24. The number of thioether (sulfide) groups is 1. The number of nitrogens with one attached hydrogen (secondary N) is 1. The molecule has 122 valence electrons. The van der Waals surface area contributed by atoms with Crippen LogP contribution >= 0.6 is 11.8 Å². The summed E-state index contributed by atoms with van der Waals surface area (Å²) < 4.78 is 31.8. The van der Waals surface area contributed by atoms with Crippen molar-refractivity contribution in [1.29, 1.82) is 0 Å². The van der Waals surface area contributed by atoms with Gasteiger partial charge in [0, 0.05) is 11.4 Å². The van der Waals surface area contributed by atoms with Crippen LogP contribution in [0.3, 0.4) is 0 Å². The topological polar surface area (TPSA) is 38.3 Å². The van der Waals surface area contributed by atoms with Gasteiger partial charge in [-0.25, -0.2) is 8.78 Å². The van der Waals surface area contributed by atoms with Crippen LogP contribution in [0.5, 0.6) is 5.75 Å². The average molecular weight is 337 g/mol. The number of hydrogen-bond donors (Lipinski definition) is 1. The van der Waals surface area contributed by atoms with Crippen molar-refractivity contribution in [3.05, 3.63) is 59.7 Å². The van der Waals surface area contributed by atoms with Crippen molar-refractivity contribution in [3.63, 3.8) is 0 Å². The first-order valence-electron chi connectivity index (χ1n) is 7.02. The molecule has 0 bridgehead atoms. The van der Waals surface area contributed by atoms with Crippen LogP contribution in [-0.2, 0) is 11.3 Å². The van der Waals surface area contributed by atoms with Crippen LogP contribution < -0.4 is 10.1 Å². The number of rotatable bonds is 6. The molecule has 6 heteroatoms. The smallest absolute Gasteiger partial charge is 0.233 e. The van der Waals surface area contributed by atoms with Crippen LogP contribution in [0.15, 0.2) is 47.4 Å². The third-order valence-electron chi connectivity index (χ3n) is 3.19. The number of benzene rings is 2. The van der Waals surface area contributed by atoms with Crippen LogP contribution in [0.4, 0.5) is 8.78 Å². The molecule has 0 unspecified atom stereocenters. The van der Waals surface area contributed by atoms with Crippen molar-refractivity contribution in [2.75, 3.05) is 7.11 Å². The lowest BCUT2D eigenvalue weighted by atomic mass is 10.2. The first kappa shape index (κ1) is 17.3. The molecule has 23 heavy (non-hydrogen) atoms. The average Bonchev–Trinajstić information content (AvgIpc) is 2.56. The molecule has 0 radical (unpaired) electrons. The molecule has 2 aromatic carbocycles. The fraction of sp³-hybridized carbons (Fsp3) is 0.235. The van der Waals surface area contributed by atoms with Gasteiger partial charge >= 0.3 is 0 Å². The molecule has 1 atom stereocenters. The Morgan fingerprint density at radius 2 is 1.91 bits per heavy atom. The predicted octanol–water partition coefficient (Wildman–Crippen LogP) is 3.77. The highest BCUT2D eigenvalue weighted by Crippen LogP contribution is 2.27. The highest BCUT2D eigenvalue weighted by molar-refractivity contribution is 8.00. The van der Waals surface area contributed by atoms with Gasteiger partial charge in [0.15, 0.2) is 0 Å². The van der Waals surface area contributed by atoms with Crippen LogP contribution in [0, 0.1) is 11.6 Å². The van der Waals surface area contributed by atoms with Crippen LogP contribution in [-0.4, -0.2) is 18.3 Å². The van der Waals surface area contributed by atoms with Crippen molar-refractivity contribution in [1.82, 2.24) is 5.32 Å². The minimum absolute atomic E-state index is 0.122. The van der Waals surface area contributed by atoms with Gasteiger partial charge in [-0.2, -0.15) is 0 Å². The number of hydrogen-bond acceptors (Lipinski definition) is 3. The number of carbonyl (C=O) groups excluding carboxylic acids is 1. The van der Waals surface area contributed by atoms with Crippen LogP contribution in [0.2, 0.25) is 0 Å². The monoisotopic (exact) mass is 337 g/mol. The van der Waals surface area contributed by atoms with E-state index in [1.807, 2.05) is 24.3 Å². The normalized spacial score (nSPS) is 11.8. The SMILES string of the molecule is COc1ccc(CNC(=O)[C@H](C)Sc2cc(F)ccc2F)cc1. The Hall–Kier alpha value is -2.08. The molecule has 1 N–H and O–H groups in total. The Kier molecular flexibility index (Phi) is 5.98. The third kappa shape index (κ3) is 4.96. The number of halogens is 2. The van der Waals surface area contributed by atoms with Crippen molar-refractivity contribution < 1.29 is 18.3 Å². The van der Waals surface area contributed by atoms with E-state index in [1.54, 1.807) is 14.0 Å². The second-order valence-corrected chi connectivity index (χ2v) is 6.28. The molecule has 2 aromatic rings. The highest BCUT2D eigenvalue weighted by atomic mass is 32.2. The summed E-state index contributed by atoms with van der Waals surface area (Å²) >= 11 is 0.987. The summed E-state index contributed by atoms with van der Waals surface area (Å²) in [5.41, 5.74) is 0.924. The molecule has 0 fully saturated rings. The van der Waals surface area contributed by atoms with Gasteiger partial charge in [-0.1, -0.05) is 12.1 Å². The fourth-order valence-corrected chi connectivity index (χ4v) is 2.82. The summed E-state index contributed by atoms with van der Waals surface area (Å²) in [7, 11) is 1.58. The minimum Gasteiger partial charge on any atom is -0.497 e. The summed E-state index contributed by atoms with van der Waals surface area (Å²) in [6.45, 7) is 2.01. The van der Waals surface area contributed by atoms with Crippen molar-refractivity contribution >= 4 is 17.7 Å². The Balaban J connectivity index is 1.90. The zero-order valence-corrected chi connectivity index (χ0v) is 13.6. The molecule has 0 aliphatic heterocycles. The summed E-state index contributed by atoms with van der Waals surface area (Å²) in [5.74, 6) is -0.564. The van der Waals surface area contributed by atoms with Crippen molar-refractivity contribution in [2.45, 2.75) is 23.6 Å². The Morgan fingerprint density at radius 1 is 1.22 bits per heavy atom. The molecule has 0 saturated heterocycles. The first-order chi connectivity index (χ1) is 11.0. The van der Waals surface area contributed by atoms with Gasteiger partial charge in [0.25, 0.3) is 0 Å². The van der Waals surface area contributed by atoms with Gasteiger partial charge in [0.2, 0.25) is 5.91 Å². The predicted molar refractivity (Wildman–Crippen MR) is 86.5 cm³/mol. The molecule has 0 saturated carbocycles. The molecule has 0 aliphatic rings. The second-order valence-electron chi connectivity index (χ2n) is 4.90. The van der Waals surface area contributed by atoms with E-state index in [1.165, 1.54) is 0 Å². The molecular formula is C17H17F2NO2S. The quantitative estimate of drug-likeness (QED) is 0.816. The van der Waals surface area contributed by atoms with E-state index >= 15 is 0 Å². The Bertz CT molecular complexity index is 677. The molecule has 1 amide bonds. The van der Waals surface area contributed by atoms with Crippen molar-refractivity contribution in [2.24, 2.45) is 0 Å². The van der Waals surface area contributed by atoms with E-state index in [0.29, 0.717) is 6.54 Å². The molecule has 3 nitrogen and oxygen atoms in total. The largest absolute Gasteiger partial charge is 0.497 e. The molecule has 2 rings (SSSR count). The van der Waals surface area contributed by atoms with E-state index in [2.05, 4.69) is 5.32 Å². The van der Waals surface area contributed by atoms with E-state index in [-0.39, 0.29) is 10.8 Å². The van der Waals surface area contributed by atoms with Crippen LogP contribution in [0.25, 0.3) is 0 Å².